The summed E-state index contributed by atoms with van der Waals surface area (Å²) in [7, 11) is -3.02. The Balaban J connectivity index is 2.45. The van der Waals surface area contributed by atoms with Crippen molar-refractivity contribution in [3.05, 3.63) is 0 Å². The van der Waals surface area contributed by atoms with E-state index in [1.807, 2.05) is 0 Å². The number of sulfone groups is 1. The molecule has 6 heteroatoms. The lowest BCUT2D eigenvalue weighted by Crippen LogP contribution is -2.48. The molecule has 0 aromatic rings. The van der Waals surface area contributed by atoms with Gasteiger partial charge in [-0.05, 0) is 26.8 Å². The summed E-state index contributed by atoms with van der Waals surface area (Å²) in [4.78, 5) is 2.26. The summed E-state index contributed by atoms with van der Waals surface area (Å²) < 4.78 is 29.1. The maximum atomic E-state index is 11.8. The van der Waals surface area contributed by atoms with Gasteiger partial charge in [0.15, 0.2) is 9.84 Å². The molecule has 0 aromatic carbocycles. The van der Waals surface area contributed by atoms with Crippen molar-refractivity contribution in [3.63, 3.8) is 0 Å². The fourth-order valence-electron chi connectivity index (χ4n) is 1.98. The van der Waals surface area contributed by atoms with E-state index < -0.39 is 9.84 Å². The van der Waals surface area contributed by atoms with E-state index in [1.165, 1.54) is 0 Å². The molecule has 0 radical (unpaired) electrons. The van der Waals surface area contributed by atoms with E-state index in [2.05, 4.69) is 18.7 Å². The highest BCUT2D eigenvalue weighted by molar-refractivity contribution is 7.91. The number of nitrogens with two attached hydrogens (primary N) is 1. The van der Waals surface area contributed by atoms with E-state index in [0.717, 1.165) is 6.54 Å². The Morgan fingerprint density at radius 3 is 2.76 bits per heavy atom. The highest BCUT2D eigenvalue weighted by atomic mass is 32.2. The second-order valence-corrected chi connectivity index (χ2v) is 7.07. The summed E-state index contributed by atoms with van der Waals surface area (Å²) in [6.07, 6.45) is 0.345. The van der Waals surface area contributed by atoms with Crippen LogP contribution in [0.2, 0.25) is 0 Å². The molecule has 0 aromatic heterocycles. The Bertz CT molecular complexity index is 317. The Kier molecular flexibility index (Phi) is 5.85. The van der Waals surface area contributed by atoms with E-state index in [9.17, 15) is 8.42 Å². The fourth-order valence-corrected chi connectivity index (χ4v) is 3.52. The Morgan fingerprint density at radius 1 is 1.47 bits per heavy atom. The number of hydrogen-bond acceptors (Lipinski definition) is 5. The second kappa shape index (κ2) is 6.68. The smallest absolute Gasteiger partial charge is 0.152 e. The zero-order valence-electron chi connectivity index (χ0n) is 10.8. The van der Waals surface area contributed by atoms with Gasteiger partial charge in [-0.2, -0.15) is 0 Å². The van der Waals surface area contributed by atoms with Crippen LogP contribution in [0.25, 0.3) is 0 Å². The van der Waals surface area contributed by atoms with Gasteiger partial charge < -0.3 is 10.5 Å². The molecule has 17 heavy (non-hydrogen) atoms. The number of hydrogen-bond donors (Lipinski definition) is 1. The van der Waals surface area contributed by atoms with Crippen LogP contribution in [-0.4, -0.2) is 63.2 Å². The van der Waals surface area contributed by atoms with Crippen molar-refractivity contribution in [1.29, 1.82) is 0 Å². The van der Waals surface area contributed by atoms with Crippen molar-refractivity contribution in [3.8, 4) is 0 Å². The first kappa shape index (κ1) is 14.9. The summed E-state index contributed by atoms with van der Waals surface area (Å²) in [6.45, 7) is 6.87. The summed E-state index contributed by atoms with van der Waals surface area (Å²) in [6, 6.07) is 0.438. The molecular weight excluding hydrogens is 240 g/mol. The first-order valence-corrected chi connectivity index (χ1v) is 8.03. The van der Waals surface area contributed by atoms with Gasteiger partial charge in [0.25, 0.3) is 0 Å². The first-order chi connectivity index (χ1) is 7.94. The van der Waals surface area contributed by atoms with Crippen LogP contribution in [-0.2, 0) is 14.6 Å². The van der Waals surface area contributed by atoms with E-state index in [-0.39, 0.29) is 17.6 Å². The van der Waals surface area contributed by atoms with Crippen molar-refractivity contribution in [1.82, 2.24) is 4.90 Å². The Morgan fingerprint density at radius 2 is 2.18 bits per heavy atom. The zero-order chi connectivity index (χ0) is 12.9. The monoisotopic (exact) mass is 264 g/mol. The van der Waals surface area contributed by atoms with Gasteiger partial charge in [0, 0.05) is 19.1 Å². The van der Waals surface area contributed by atoms with Crippen molar-refractivity contribution >= 4 is 9.84 Å². The molecule has 1 unspecified atom stereocenters. The average Bonchev–Trinajstić information content (AvgIpc) is 2.26. The summed E-state index contributed by atoms with van der Waals surface area (Å²) in [5.41, 5.74) is 5.33. The fraction of sp³-hybridized carbons (Fsp3) is 1.00. The molecule has 0 amide bonds. The van der Waals surface area contributed by atoms with Gasteiger partial charge in [0.2, 0.25) is 0 Å². The van der Waals surface area contributed by atoms with Gasteiger partial charge in [-0.15, -0.1) is 0 Å². The van der Waals surface area contributed by atoms with Gasteiger partial charge in [0.05, 0.1) is 24.2 Å². The van der Waals surface area contributed by atoms with E-state index in [0.29, 0.717) is 32.2 Å². The van der Waals surface area contributed by atoms with Crippen LogP contribution in [0.15, 0.2) is 0 Å². The molecule has 0 saturated carbocycles. The van der Waals surface area contributed by atoms with Crippen molar-refractivity contribution in [2.24, 2.45) is 5.73 Å². The Labute approximate surface area is 104 Å². The molecule has 1 fully saturated rings. The van der Waals surface area contributed by atoms with Crippen molar-refractivity contribution in [2.45, 2.75) is 32.4 Å². The lowest BCUT2D eigenvalue weighted by Gasteiger charge is -2.35. The Hall–Kier alpha value is -0.170. The molecule has 0 bridgehead atoms. The molecule has 1 aliphatic heterocycles. The summed E-state index contributed by atoms with van der Waals surface area (Å²) in [5.74, 6) is 0.293. The summed E-state index contributed by atoms with van der Waals surface area (Å²) >= 11 is 0. The maximum absolute atomic E-state index is 11.8. The van der Waals surface area contributed by atoms with Crippen LogP contribution in [0.3, 0.4) is 0 Å². The molecule has 0 aliphatic carbocycles. The topological polar surface area (TPSA) is 72.6 Å². The van der Waals surface area contributed by atoms with Gasteiger partial charge in [0.1, 0.15) is 0 Å². The van der Waals surface area contributed by atoms with E-state index >= 15 is 0 Å². The van der Waals surface area contributed by atoms with Crippen molar-refractivity contribution < 1.29 is 13.2 Å². The predicted octanol–water partition coefficient (Wildman–Crippen LogP) is -0.141. The minimum absolute atomic E-state index is 0.121. The molecule has 2 N–H and O–H groups in total. The maximum Gasteiger partial charge on any atom is 0.152 e. The molecule has 1 saturated heterocycles. The molecule has 1 aliphatic rings. The minimum Gasteiger partial charge on any atom is -0.374 e. The molecule has 5 nitrogen and oxygen atoms in total. The molecule has 1 heterocycles. The first-order valence-electron chi connectivity index (χ1n) is 6.21. The molecule has 102 valence electrons. The molecule has 1 rings (SSSR count). The highest BCUT2D eigenvalue weighted by Crippen LogP contribution is 2.11. The van der Waals surface area contributed by atoms with Crippen LogP contribution in [0.5, 0.6) is 0 Å². The number of morpholine rings is 1. The quantitative estimate of drug-likeness (QED) is 0.723. The normalized spacial score (nSPS) is 23.2. The highest BCUT2D eigenvalue weighted by Gasteiger charge is 2.26. The third-order valence-corrected chi connectivity index (χ3v) is 4.79. The third kappa shape index (κ3) is 5.33. The summed E-state index contributed by atoms with van der Waals surface area (Å²) in [5, 5.41) is 0. The molecular formula is C11H24N2O3S. The lowest BCUT2D eigenvalue weighted by atomic mass is 10.2. The molecule has 0 spiro atoms. The van der Waals surface area contributed by atoms with Crippen LogP contribution < -0.4 is 5.73 Å². The third-order valence-electron chi connectivity index (χ3n) is 3.00. The number of rotatable bonds is 6. The van der Waals surface area contributed by atoms with E-state index in [4.69, 9.17) is 10.5 Å². The van der Waals surface area contributed by atoms with Crippen molar-refractivity contribution in [2.75, 3.05) is 37.7 Å². The second-order valence-electron chi connectivity index (χ2n) is 4.84. The predicted molar refractivity (Wildman–Crippen MR) is 68.8 cm³/mol. The van der Waals surface area contributed by atoms with Crippen LogP contribution in [0.4, 0.5) is 0 Å². The van der Waals surface area contributed by atoms with Gasteiger partial charge in [-0.3, -0.25) is 4.90 Å². The van der Waals surface area contributed by atoms with Crippen LogP contribution in [0.1, 0.15) is 20.3 Å². The number of nitrogens with zero attached hydrogens (tertiary/aromatic N) is 1. The lowest BCUT2D eigenvalue weighted by molar-refractivity contribution is -0.0272. The van der Waals surface area contributed by atoms with Crippen LogP contribution >= 0.6 is 0 Å². The van der Waals surface area contributed by atoms with Crippen LogP contribution in [0, 0.1) is 0 Å². The van der Waals surface area contributed by atoms with Gasteiger partial charge in [-0.25, -0.2) is 8.42 Å². The standard InChI is InChI=1S/C11H24N2O3S/c1-10(2)13-5-6-16-11(8-13)9-17(14,15)7-3-4-12/h10-11H,3-9,12H2,1-2H3. The van der Waals surface area contributed by atoms with E-state index in [1.54, 1.807) is 0 Å². The SMILES string of the molecule is CC(C)N1CCOC(CS(=O)(=O)CCCN)C1. The zero-order valence-corrected chi connectivity index (χ0v) is 11.6. The largest absolute Gasteiger partial charge is 0.374 e. The minimum atomic E-state index is -3.02. The van der Waals surface area contributed by atoms with Gasteiger partial charge in [-0.1, -0.05) is 0 Å². The number of ether oxygens (including phenoxy) is 1. The molecule has 1 atom stereocenters. The average molecular weight is 264 g/mol. The van der Waals surface area contributed by atoms with Gasteiger partial charge >= 0.3 is 0 Å².